The molecule has 6 nitrogen and oxygen atoms in total. The predicted octanol–water partition coefficient (Wildman–Crippen LogP) is 5.57. The number of carbonyl (C=O) groups is 1. The highest BCUT2D eigenvalue weighted by molar-refractivity contribution is 5.89. The zero-order chi connectivity index (χ0) is 22.6. The van der Waals surface area contributed by atoms with E-state index in [-0.39, 0.29) is 34.6 Å². The van der Waals surface area contributed by atoms with Crippen LogP contribution in [0.25, 0.3) is 11.0 Å². The summed E-state index contributed by atoms with van der Waals surface area (Å²) in [6, 6.07) is 9.18. The summed E-state index contributed by atoms with van der Waals surface area (Å²) in [5.74, 6) is -2.93. The Labute approximate surface area is 175 Å². The van der Waals surface area contributed by atoms with E-state index in [9.17, 15) is 22.8 Å². The molecule has 3 rings (SSSR count). The van der Waals surface area contributed by atoms with Crippen LogP contribution >= 0.6 is 0 Å². The lowest BCUT2D eigenvalue weighted by Crippen LogP contribution is -2.15. The van der Waals surface area contributed by atoms with Gasteiger partial charge in [-0.25, -0.2) is 4.79 Å². The number of alkyl halides is 3. The van der Waals surface area contributed by atoms with Crippen LogP contribution in [0, 0.1) is 0 Å². The second-order valence-electron chi connectivity index (χ2n) is 6.44. The second-order valence-corrected chi connectivity index (χ2v) is 6.44. The molecule has 0 bridgehead atoms. The Kier molecular flexibility index (Phi) is 6.53. The molecule has 0 aliphatic rings. The molecule has 0 aliphatic carbocycles. The highest BCUT2D eigenvalue weighted by Gasteiger charge is 2.40. The lowest BCUT2D eigenvalue weighted by Gasteiger charge is -2.14. The first-order valence-corrected chi connectivity index (χ1v) is 9.50. The Balaban J connectivity index is 2.01. The standard InChI is InChI=1S/C22H19F3O6/c1-3-11-29-21(27)13-5-7-14(8-6-13)30-19-18(26)16-10-9-15(28-4-2)12-17(16)31-20(19)22(23,24)25/h5-10,12H,3-4,11H2,1-2H3. The van der Waals surface area contributed by atoms with Crippen molar-refractivity contribution in [2.75, 3.05) is 13.2 Å². The first-order chi connectivity index (χ1) is 14.7. The zero-order valence-electron chi connectivity index (χ0n) is 16.7. The summed E-state index contributed by atoms with van der Waals surface area (Å²) in [6.45, 7) is 4.10. The Morgan fingerprint density at radius 1 is 1.03 bits per heavy atom. The molecular weight excluding hydrogens is 417 g/mol. The van der Waals surface area contributed by atoms with Crippen molar-refractivity contribution in [2.45, 2.75) is 26.4 Å². The van der Waals surface area contributed by atoms with Gasteiger partial charge < -0.3 is 18.6 Å². The number of hydrogen-bond acceptors (Lipinski definition) is 6. The SMILES string of the molecule is CCCOC(=O)c1ccc(Oc2c(C(F)(F)F)oc3cc(OCC)ccc3c2=O)cc1. The van der Waals surface area contributed by atoms with Gasteiger partial charge in [0, 0.05) is 6.07 Å². The molecule has 3 aromatic rings. The molecule has 0 spiro atoms. The van der Waals surface area contributed by atoms with Gasteiger partial charge in [0.1, 0.15) is 17.1 Å². The molecule has 1 aromatic heterocycles. The van der Waals surface area contributed by atoms with Gasteiger partial charge in [-0.3, -0.25) is 4.79 Å². The van der Waals surface area contributed by atoms with Crippen molar-refractivity contribution in [2.24, 2.45) is 0 Å². The molecule has 9 heteroatoms. The smallest absolute Gasteiger partial charge is 0.453 e. The van der Waals surface area contributed by atoms with E-state index in [0.29, 0.717) is 13.0 Å². The fourth-order valence-corrected chi connectivity index (χ4v) is 2.75. The van der Waals surface area contributed by atoms with E-state index in [2.05, 4.69) is 0 Å². The summed E-state index contributed by atoms with van der Waals surface area (Å²) in [5.41, 5.74) is -1.06. The van der Waals surface area contributed by atoms with Gasteiger partial charge >= 0.3 is 12.1 Å². The molecule has 2 aromatic carbocycles. The quantitative estimate of drug-likeness (QED) is 0.451. The van der Waals surface area contributed by atoms with Gasteiger partial charge in [0.15, 0.2) is 0 Å². The monoisotopic (exact) mass is 436 g/mol. The molecule has 0 unspecified atom stereocenters. The summed E-state index contributed by atoms with van der Waals surface area (Å²) in [5, 5.41) is -0.0915. The fraction of sp³-hybridized carbons (Fsp3) is 0.273. The first-order valence-electron chi connectivity index (χ1n) is 9.50. The maximum absolute atomic E-state index is 13.6. The predicted molar refractivity (Wildman–Crippen MR) is 106 cm³/mol. The van der Waals surface area contributed by atoms with Crippen LogP contribution in [0.4, 0.5) is 13.2 Å². The summed E-state index contributed by atoms with van der Waals surface area (Å²) >= 11 is 0. The van der Waals surface area contributed by atoms with Crippen molar-refractivity contribution in [1.82, 2.24) is 0 Å². The molecule has 0 aliphatic heterocycles. The molecule has 0 radical (unpaired) electrons. The van der Waals surface area contributed by atoms with Crippen molar-refractivity contribution in [1.29, 1.82) is 0 Å². The lowest BCUT2D eigenvalue weighted by atomic mass is 10.2. The van der Waals surface area contributed by atoms with Gasteiger partial charge in [-0.2, -0.15) is 13.2 Å². The van der Waals surface area contributed by atoms with Crippen LogP contribution in [0.5, 0.6) is 17.2 Å². The van der Waals surface area contributed by atoms with Gasteiger partial charge in [0.05, 0.1) is 24.2 Å². The highest BCUT2D eigenvalue weighted by Crippen LogP contribution is 2.38. The number of carbonyl (C=O) groups excluding carboxylic acids is 1. The van der Waals surface area contributed by atoms with E-state index in [1.165, 1.54) is 42.5 Å². The topological polar surface area (TPSA) is 75.0 Å². The number of esters is 1. The molecule has 164 valence electrons. The van der Waals surface area contributed by atoms with E-state index in [0.717, 1.165) is 0 Å². The third kappa shape index (κ3) is 4.99. The number of ether oxygens (including phenoxy) is 3. The maximum atomic E-state index is 13.6. The minimum absolute atomic E-state index is 0.0740. The second kappa shape index (κ2) is 9.11. The number of halogens is 3. The summed E-state index contributed by atoms with van der Waals surface area (Å²) in [7, 11) is 0. The van der Waals surface area contributed by atoms with Crippen LogP contribution in [-0.4, -0.2) is 19.2 Å². The van der Waals surface area contributed by atoms with E-state index in [4.69, 9.17) is 18.6 Å². The van der Waals surface area contributed by atoms with E-state index < -0.39 is 29.1 Å². The third-order valence-electron chi connectivity index (χ3n) is 4.14. The van der Waals surface area contributed by atoms with Gasteiger partial charge in [0.2, 0.25) is 11.2 Å². The van der Waals surface area contributed by atoms with Crippen molar-refractivity contribution >= 4 is 16.9 Å². The van der Waals surface area contributed by atoms with E-state index in [1.54, 1.807) is 6.92 Å². The molecule has 0 atom stereocenters. The van der Waals surface area contributed by atoms with Crippen LogP contribution in [0.2, 0.25) is 0 Å². The van der Waals surface area contributed by atoms with Crippen LogP contribution in [0.1, 0.15) is 36.4 Å². The van der Waals surface area contributed by atoms with Gasteiger partial charge in [-0.1, -0.05) is 6.92 Å². The average Bonchev–Trinajstić information content (AvgIpc) is 2.73. The Morgan fingerprint density at radius 2 is 1.71 bits per heavy atom. The van der Waals surface area contributed by atoms with Crippen LogP contribution in [0.3, 0.4) is 0 Å². The van der Waals surface area contributed by atoms with Gasteiger partial charge in [-0.15, -0.1) is 0 Å². The van der Waals surface area contributed by atoms with Crippen molar-refractivity contribution < 1.29 is 36.6 Å². The fourth-order valence-electron chi connectivity index (χ4n) is 2.75. The molecule has 0 fully saturated rings. The zero-order valence-corrected chi connectivity index (χ0v) is 16.7. The van der Waals surface area contributed by atoms with Gasteiger partial charge in [0.25, 0.3) is 5.76 Å². The molecular formula is C22H19F3O6. The van der Waals surface area contributed by atoms with Crippen LogP contribution in [-0.2, 0) is 10.9 Å². The van der Waals surface area contributed by atoms with Crippen molar-refractivity contribution in [3.05, 3.63) is 64.0 Å². The Morgan fingerprint density at radius 3 is 2.32 bits per heavy atom. The maximum Gasteiger partial charge on any atom is 0.453 e. The third-order valence-corrected chi connectivity index (χ3v) is 4.14. The molecule has 0 saturated carbocycles. The molecule has 31 heavy (non-hydrogen) atoms. The number of benzene rings is 2. The number of fused-ring (bicyclic) bond motifs is 1. The summed E-state index contributed by atoms with van der Waals surface area (Å²) < 4.78 is 61.3. The number of rotatable bonds is 7. The molecule has 0 amide bonds. The van der Waals surface area contributed by atoms with Gasteiger partial charge in [-0.05, 0) is 49.7 Å². The number of hydrogen-bond donors (Lipinski definition) is 0. The largest absolute Gasteiger partial charge is 0.494 e. The minimum Gasteiger partial charge on any atom is -0.494 e. The molecule has 0 N–H and O–H groups in total. The Hall–Kier alpha value is -3.49. The molecule has 1 heterocycles. The van der Waals surface area contributed by atoms with Crippen molar-refractivity contribution in [3.63, 3.8) is 0 Å². The first kappa shape index (κ1) is 22.2. The van der Waals surface area contributed by atoms with Crippen molar-refractivity contribution in [3.8, 4) is 17.2 Å². The average molecular weight is 436 g/mol. The minimum atomic E-state index is -4.98. The Bertz CT molecular complexity index is 1130. The normalized spacial score (nSPS) is 11.4. The van der Waals surface area contributed by atoms with Crippen LogP contribution in [0.15, 0.2) is 51.7 Å². The summed E-state index contributed by atoms with van der Waals surface area (Å²) in [4.78, 5) is 24.6. The van der Waals surface area contributed by atoms with Crippen LogP contribution < -0.4 is 14.9 Å². The highest BCUT2D eigenvalue weighted by atomic mass is 19.4. The summed E-state index contributed by atoms with van der Waals surface area (Å²) in [6.07, 6.45) is -4.33. The van der Waals surface area contributed by atoms with E-state index in [1.807, 2.05) is 6.92 Å². The lowest BCUT2D eigenvalue weighted by molar-refractivity contribution is -0.154. The van der Waals surface area contributed by atoms with E-state index >= 15 is 0 Å². The molecule has 0 saturated heterocycles.